The van der Waals surface area contributed by atoms with Crippen molar-refractivity contribution in [1.29, 1.82) is 0 Å². The van der Waals surface area contributed by atoms with E-state index < -0.39 is 16.9 Å². The number of rotatable bonds is 5. The van der Waals surface area contributed by atoms with E-state index in [9.17, 15) is 14.7 Å². The monoisotopic (exact) mass is 290 g/mol. The van der Waals surface area contributed by atoms with Gasteiger partial charge in [0.2, 0.25) is 5.91 Å². The van der Waals surface area contributed by atoms with Gasteiger partial charge in [-0.2, -0.15) is 0 Å². The van der Waals surface area contributed by atoms with Gasteiger partial charge in [0.05, 0.1) is 5.41 Å². The topological polar surface area (TPSA) is 92.4 Å². The molecule has 0 heterocycles. The molecule has 1 aromatic rings. The average molecular weight is 290 g/mol. The Morgan fingerprint density at radius 3 is 2.38 bits per heavy atom. The summed E-state index contributed by atoms with van der Waals surface area (Å²) < 4.78 is 0. The summed E-state index contributed by atoms with van der Waals surface area (Å²) in [7, 11) is 0. The molecule has 1 fully saturated rings. The fraction of sp³-hybridized carbons (Fsp3) is 0.500. The summed E-state index contributed by atoms with van der Waals surface area (Å²) in [4.78, 5) is 23.8. The molecule has 1 unspecified atom stereocenters. The molecular formula is C16H22N2O3. The molecule has 1 aliphatic rings. The third kappa shape index (κ3) is 3.08. The molecule has 1 amide bonds. The number of carbonyl (C=O) groups excluding carboxylic acids is 1. The van der Waals surface area contributed by atoms with Gasteiger partial charge in [-0.25, -0.2) is 0 Å². The predicted molar refractivity (Wildman–Crippen MR) is 79.5 cm³/mol. The molecule has 21 heavy (non-hydrogen) atoms. The van der Waals surface area contributed by atoms with Crippen LogP contribution in [0.25, 0.3) is 0 Å². The van der Waals surface area contributed by atoms with E-state index in [-0.39, 0.29) is 12.5 Å². The van der Waals surface area contributed by atoms with Gasteiger partial charge in [-0.1, -0.05) is 43.2 Å². The number of aliphatic carboxylic acids is 1. The number of amides is 1. The predicted octanol–water partition coefficient (Wildman–Crippen LogP) is 1.62. The van der Waals surface area contributed by atoms with Crippen LogP contribution in [0.4, 0.5) is 0 Å². The van der Waals surface area contributed by atoms with Gasteiger partial charge in [-0.15, -0.1) is 0 Å². The second-order valence-electron chi connectivity index (χ2n) is 6.04. The molecule has 5 nitrogen and oxygen atoms in total. The minimum atomic E-state index is -1.17. The van der Waals surface area contributed by atoms with E-state index in [0.29, 0.717) is 18.4 Å². The highest BCUT2D eigenvalue weighted by Gasteiger charge is 2.42. The number of carboxylic acids is 1. The van der Waals surface area contributed by atoms with Crippen LogP contribution in [0.15, 0.2) is 30.3 Å². The normalized spacial score (nSPS) is 19.7. The lowest BCUT2D eigenvalue weighted by atomic mass is 9.85. The Balaban J connectivity index is 2.06. The SMILES string of the molecule is CC(N)(C(=O)NCC1(C(=O)O)CCCC1)c1ccccc1. The molecule has 0 bridgehead atoms. The molecule has 1 atom stereocenters. The number of benzene rings is 1. The van der Waals surface area contributed by atoms with E-state index in [1.807, 2.05) is 18.2 Å². The lowest BCUT2D eigenvalue weighted by molar-refractivity contribution is -0.148. The van der Waals surface area contributed by atoms with Crippen LogP contribution in [-0.2, 0) is 15.1 Å². The van der Waals surface area contributed by atoms with Crippen LogP contribution in [0.5, 0.6) is 0 Å². The van der Waals surface area contributed by atoms with Crippen molar-refractivity contribution in [2.24, 2.45) is 11.1 Å². The quantitative estimate of drug-likeness (QED) is 0.768. The van der Waals surface area contributed by atoms with E-state index in [1.54, 1.807) is 19.1 Å². The molecule has 4 N–H and O–H groups in total. The van der Waals surface area contributed by atoms with Crippen LogP contribution in [0, 0.1) is 5.41 Å². The maximum atomic E-state index is 12.4. The molecule has 114 valence electrons. The zero-order valence-corrected chi connectivity index (χ0v) is 12.3. The summed E-state index contributed by atoms with van der Waals surface area (Å²) in [6.45, 7) is 1.78. The Labute approximate surface area is 124 Å². The summed E-state index contributed by atoms with van der Waals surface area (Å²) in [6.07, 6.45) is 2.99. The standard InChI is InChI=1S/C16H22N2O3/c1-15(17,12-7-3-2-4-8-12)13(19)18-11-16(14(20)21)9-5-6-10-16/h2-4,7-8H,5-6,9-11,17H2,1H3,(H,18,19)(H,20,21). The molecule has 1 saturated carbocycles. The largest absolute Gasteiger partial charge is 0.481 e. The highest BCUT2D eigenvalue weighted by molar-refractivity contribution is 5.87. The Bertz CT molecular complexity index is 520. The van der Waals surface area contributed by atoms with Crippen molar-refractivity contribution in [3.63, 3.8) is 0 Å². The highest BCUT2D eigenvalue weighted by atomic mass is 16.4. The zero-order chi connectivity index (χ0) is 15.5. The minimum Gasteiger partial charge on any atom is -0.481 e. The van der Waals surface area contributed by atoms with Gasteiger partial charge in [0, 0.05) is 6.54 Å². The van der Waals surface area contributed by atoms with E-state index in [0.717, 1.165) is 12.8 Å². The van der Waals surface area contributed by atoms with E-state index in [4.69, 9.17) is 5.73 Å². The van der Waals surface area contributed by atoms with Gasteiger partial charge in [-0.05, 0) is 25.3 Å². The van der Waals surface area contributed by atoms with Gasteiger partial charge in [-0.3, -0.25) is 9.59 Å². The van der Waals surface area contributed by atoms with Gasteiger partial charge in [0.1, 0.15) is 5.54 Å². The first-order valence-corrected chi connectivity index (χ1v) is 7.25. The van der Waals surface area contributed by atoms with Crippen molar-refractivity contribution in [3.05, 3.63) is 35.9 Å². The molecule has 5 heteroatoms. The van der Waals surface area contributed by atoms with Gasteiger partial charge in [0.25, 0.3) is 0 Å². The molecule has 0 saturated heterocycles. The Morgan fingerprint density at radius 1 is 1.29 bits per heavy atom. The van der Waals surface area contributed by atoms with Crippen molar-refractivity contribution >= 4 is 11.9 Å². The van der Waals surface area contributed by atoms with Crippen LogP contribution in [0.1, 0.15) is 38.2 Å². The number of nitrogens with one attached hydrogen (secondary N) is 1. The molecule has 0 aromatic heterocycles. The maximum absolute atomic E-state index is 12.4. The lowest BCUT2D eigenvalue weighted by Crippen LogP contribution is -2.52. The van der Waals surface area contributed by atoms with Gasteiger partial charge >= 0.3 is 5.97 Å². The van der Waals surface area contributed by atoms with Crippen molar-refractivity contribution < 1.29 is 14.7 Å². The molecule has 0 aliphatic heterocycles. The fourth-order valence-electron chi connectivity index (χ4n) is 2.87. The minimum absolute atomic E-state index is 0.140. The first-order valence-electron chi connectivity index (χ1n) is 7.25. The Kier molecular flexibility index (Phi) is 4.32. The van der Waals surface area contributed by atoms with E-state index in [2.05, 4.69) is 5.32 Å². The van der Waals surface area contributed by atoms with E-state index in [1.165, 1.54) is 0 Å². The van der Waals surface area contributed by atoms with Crippen molar-refractivity contribution in [3.8, 4) is 0 Å². The van der Waals surface area contributed by atoms with E-state index >= 15 is 0 Å². The fourth-order valence-corrected chi connectivity index (χ4v) is 2.87. The summed E-state index contributed by atoms with van der Waals surface area (Å²) in [5.74, 6) is -1.18. The van der Waals surface area contributed by atoms with Gasteiger partial charge in [0.15, 0.2) is 0 Å². The van der Waals surface area contributed by atoms with Crippen molar-refractivity contribution in [2.75, 3.05) is 6.54 Å². The molecule has 1 aromatic carbocycles. The molecule has 0 spiro atoms. The smallest absolute Gasteiger partial charge is 0.311 e. The summed E-state index contributed by atoms with van der Waals surface area (Å²) in [6, 6.07) is 9.09. The molecular weight excluding hydrogens is 268 g/mol. The van der Waals surface area contributed by atoms with Crippen molar-refractivity contribution in [2.45, 2.75) is 38.1 Å². The van der Waals surface area contributed by atoms with Crippen LogP contribution < -0.4 is 11.1 Å². The van der Waals surface area contributed by atoms with Crippen LogP contribution in [-0.4, -0.2) is 23.5 Å². The molecule has 1 aliphatic carbocycles. The summed E-state index contributed by atoms with van der Waals surface area (Å²) >= 11 is 0. The summed E-state index contributed by atoms with van der Waals surface area (Å²) in [5.41, 5.74) is 4.83. The lowest BCUT2D eigenvalue weighted by Gasteiger charge is -2.28. The maximum Gasteiger partial charge on any atom is 0.311 e. The third-order valence-electron chi connectivity index (χ3n) is 4.45. The molecule has 0 radical (unpaired) electrons. The van der Waals surface area contributed by atoms with Crippen LogP contribution in [0.3, 0.4) is 0 Å². The number of carbonyl (C=O) groups is 2. The Morgan fingerprint density at radius 2 is 1.86 bits per heavy atom. The number of nitrogens with two attached hydrogens (primary N) is 1. The summed E-state index contributed by atoms with van der Waals surface area (Å²) in [5, 5.41) is 12.2. The highest BCUT2D eigenvalue weighted by Crippen LogP contribution is 2.37. The second-order valence-corrected chi connectivity index (χ2v) is 6.04. The van der Waals surface area contributed by atoms with Gasteiger partial charge < -0.3 is 16.2 Å². The zero-order valence-electron chi connectivity index (χ0n) is 12.3. The number of carboxylic acid groups (broad SMARTS) is 1. The first-order chi connectivity index (χ1) is 9.88. The third-order valence-corrected chi connectivity index (χ3v) is 4.45. The average Bonchev–Trinajstić information content (AvgIpc) is 2.96. The van der Waals surface area contributed by atoms with Crippen molar-refractivity contribution in [1.82, 2.24) is 5.32 Å². The van der Waals surface area contributed by atoms with Crippen LogP contribution in [0.2, 0.25) is 0 Å². The van der Waals surface area contributed by atoms with Crippen LogP contribution >= 0.6 is 0 Å². The number of hydrogen-bond donors (Lipinski definition) is 3. The second kappa shape index (κ2) is 5.85. The first kappa shape index (κ1) is 15.5. The number of hydrogen-bond acceptors (Lipinski definition) is 3. The Hall–Kier alpha value is -1.88. The molecule has 2 rings (SSSR count).